The molecule has 3 heteroatoms. The third-order valence-corrected chi connectivity index (χ3v) is 4.00. The molecule has 0 bridgehead atoms. The van der Waals surface area contributed by atoms with Crippen molar-refractivity contribution in [3.05, 3.63) is 35.6 Å². The summed E-state index contributed by atoms with van der Waals surface area (Å²) in [6.07, 6.45) is 2.40. The van der Waals surface area contributed by atoms with Gasteiger partial charge in [-0.1, -0.05) is 26.0 Å². The summed E-state index contributed by atoms with van der Waals surface area (Å²) in [6, 6.07) is 8.50. The first-order valence-electron chi connectivity index (χ1n) is 7.32. The molecule has 1 atom stereocenters. The van der Waals surface area contributed by atoms with Crippen molar-refractivity contribution in [3.63, 3.8) is 0 Å². The van der Waals surface area contributed by atoms with Crippen LogP contribution in [0.4, 0.5) is 4.39 Å². The number of hydrogen-bond acceptors (Lipinski definition) is 2. The van der Waals surface area contributed by atoms with Crippen molar-refractivity contribution in [1.82, 2.24) is 10.2 Å². The van der Waals surface area contributed by atoms with E-state index in [1.54, 1.807) is 12.1 Å². The lowest BCUT2D eigenvalue weighted by Gasteiger charge is -2.37. The lowest BCUT2D eigenvalue weighted by molar-refractivity contribution is 0.149. The second-order valence-electron chi connectivity index (χ2n) is 5.86. The fraction of sp³-hybridized carbons (Fsp3) is 0.625. The van der Waals surface area contributed by atoms with Gasteiger partial charge in [-0.25, -0.2) is 4.39 Å². The average Bonchev–Trinajstić information content (AvgIpc) is 2.39. The Morgan fingerprint density at radius 2 is 1.68 bits per heavy atom. The summed E-state index contributed by atoms with van der Waals surface area (Å²) in [5.74, 6) is -0.157. The maximum Gasteiger partial charge on any atom is 0.123 e. The first-order valence-corrected chi connectivity index (χ1v) is 7.32. The van der Waals surface area contributed by atoms with Gasteiger partial charge >= 0.3 is 0 Å². The highest BCUT2D eigenvalue weighted by atomic mass is 19.1. The maximum atomic E-state index is 12.9. The highest BCUT2D eigenvalue weighted by Crippen LogP contribution is 2.24. The van der Waals surface area contributed by atoms with Gasteiger partial charge in [0.1, 0.15) is 5.82 Å². The Labute approximate surface area is 116 Å². The van der Waals surface area contributed by atoms with Crippen LogP contribution < -0.4 is 5.32 Å². The van der Waals surface area contributed by atoms with Gasteiger partial charge in [0.2, 0.25) is 0 Å². The van der Waals surface area contributed by atoms with Gasteiger partial charge in [-0.05, 0) is 37.5 Å². The summed E-state index contributed by atoms with van der Waals surface area (Å²) >= 11 is 0. The van der Waals surface area contributed by atoms with E-state index in [0.29, 0.717) is 18.1 Å². The molecule has 1 heterocycles. The number of benzene rings is 1. The molecule has 1 aromatic rings. The largest absolute Gasteiger partial charge is 0.312 e. The van der Waals surface area contributed by atoms with Crippen molar-refractivity contribution >= 4 is 0 Å². The molecule has 1 fully saturated rings. The van der Waals surface area contributed by atoms with E-state index in [4.69, 9.17) is 0 Å². The van der Waals surface area contributed by atoms with Crippen LogP contribution in [-0.4, -0.2) is 30.1 Å². The van der Waals surface area contributed by atoms with Crippen LogP contribution in [0, 0.1) is 5.82 Å². The smallest absolute Gasteiger partial charge is 0.123 e. The van der Waals surface area contributed by atoms with Gasteiger partial charge in [-0.3, -0.25) is 4.90 Å². The van der Waals surface area contributed by atoms with Crippen molar-refractivity contribution < 1.29 is 4.39 Å². The highest BCUT2D eigenvalue weighted by molar-refractivity contribution is 5.19. The molecule has 0 spiro atoms. The molecule has 1 N–H and O–H groups in total. The van der Waals surface area contributed by atoms with Gasteiger partial charge in [0, 0.05) is 31.2 Å². The van der Waals surface area contributed by atoms with Gasteiger partial charge in [0.15, 0.2) is 0 Å². The third kappa shape index (κ3) is 4.02. The lowest BCUT2D eigenvalue weighted by atomic mass is 10.00. The van der Waals surface area contributed by atoms with E-state index >= 15 is 0 Å². The lowest BCUT2D eigenvalue weighted by Crippen LogP contribution is -2.45. The minimum Gasteiger partial charge on any atom is -0.312 e. The zero-order valence-corrected chi connectivity index (χ0v) is 12.2. The Kier molecular flexibility index (Phi) is 4.94. The van der Waals surface area contributed by atoms with Crippen LogP contribution in [-0.2, 0) is 0 Å². The number of rotatable bonds is 4. The van der Waals surface area contributed by atoms with E-state index in [-0.39, 0.29) is 5.82 Å². The molecule has 0 amide bonds. The Morgan fingerprint density at radius 3 is 2.21 bits per heavy atom. The summed E-state index contributed by atoms with van der Waals surface area (Å²) in [5.41, 5.74) is 1.21. The molecule has 106 valence electrons. The zero-order chi connectivity index (χ0) is 13.8. The Morgan fingerprint density at radius 1 is 1.11 bits per heavy atom. The van der Waals surface area contributed by atoms with Gasteiger partial charge in [0.05, 0.1) is 0 Å². The predicted molar refractivity (Wildman–Crippen MR) is 77.7 cm³/mol. The Bertz CT molecular complexity index is 380. The molecular formula is C16H25FN2. The van der Waals surface area contributed by atoms with Crippen LogP contribution in [0.3, 0.4) is 0 Å². The quantitative estimate of drug-likeness (QED) is 0.897. The number of likely N-dealkylation sites (tertiary alicyclic amines) is 1. The second kappa shape index (κ2) is 6.49. The molecule has 2 rings (SSSR count). The van der Waals surface area contributed by atoms with Gasteiger partial charge in [-0.15, -0.1) is 0 Å². The van der Waals surface area contributed by atoms with Crippen LogP contribution >= 0.6 is 0 Å². The fourth-order valence-electron chi connectivity index (χ4n) is 2.88. The van der Waals surface area contributed by atoms with Crippen molar-refractivity contribution in [1.29, 1.82) is 0 Å². The molecule has 1 aromatic carbocycles. The molecule has 2 nitrogen and oxygen atoms in total. The van der Waals surface area contributed by atoms with E-state index in [2.05, 4.69) is 31.0 Å². The van der Waals surface area contributed by atoms with Gasteiger partial charge < -0.3 is 5.32 Å². The number of nitrogens with zero attached hydrogens (tertiary/aromatic N) is 1. The van der Waals surface area contributed by atoms with Gasteiger partial charge in [0.25, 0.3) is 0 Å². The standard InChI is InChI=1S/C16H25FN2/c1-12(2)18-16-8-10-19(11-9-16)13(3)14-4-6-15(17)7-5-14/h4-7,12-13,16,18H,8-11H2,1-3H3. The first kappa shape index (κ1) is 14.5. The molecule has 1 aliphatic rings. The maximum absolute atomic E-state index is 12.9. The number of hydrogen-bond donors (Lipinski definition) is 1. The molecule has 1 aliphatic heterocycles. The van der Waals surface area contributed by atoms with Crippen LogP contribution in [0.2, 0.25) is 0 Å². The highest BCUT2D eigenvalue weighted by Gasteiger charge is 2.23. The SMILES string of the molecule is CC(C)NC1CCN(C(C)c2ccc(F)cc2)CC1. The van der Waals surface area contributed by atoms with Crippen molar-refractivity contribution in [3.8, 4) is 0 Å². The van der Waals surface area contributed by atoms with Crippen LogP contribution in [0.5, 0.6) is 0 Å². The van der Waals surface area contributed by atoms with Crippen LogP contribution in [0.15, 0.2) is 24.3 Å². The number of nitrogens with one attached hydrogen (secondary N) is 1. The number of halogens is 1. The first-order chi connectivity index (χ1) is 9.06. The zero-order valence-electron chi connectivity index (χ0n) is 12.2. The monoisotopic (exact) mass is 264 g/mol. The Balaban J connectivity index is 1.88. The summed E-state index contributed by atoms with van der Waals surface area (Å²) in [6.45, 7) is 8.84. The molecule has 0 aliphatic carbocycles. The molecule has 19 heavy (non-hydrogen) atoms. The minimum absolute atomic E-state index is 0.157. The van der Waals surface area contributed by atoms with Crippen LogP contribution in [0.1, 0.15) is 45.2 Å². The van der Waals surface area contributed by atoms with Crippen molar-refractivity contribution in [2.24, 2.45) is 0 Å². The molecule has 0 saturated carbocycles. The average molecular weight is 264 g/mol. The third-order valence-electron chi connectivity index (χ3n) is 4.00. The summed E-state index contributed by atoms with van der Waals surface area (Å²) < 4.78 is 12.9. The second-order valence-corrected chi connectivity index (χ2v) is 5.86. The summed E-state index contributed by atoms with van der Waals surface area (Å²) in [5, 5.41) is 3.61. The molecule has 1 unspecified atom stereocenters. The normalized spacial score (nSPS) is 19.8. The molecule has 1 saturated heterocycles. The Hall–Kier alpha value is -0.930. The van der Waals surface area contributed by atoms with Crippen molar-refractivity contribution in [2.75, 3.05) is 13.1 Å². The van der Waals surface area contributed by atoms with E-state index in [0.717, 1.165) is 13.1 Å². The van der Waals surface area contributed by atoms with E-state index in [9.17, 15) is 4.39 Å². The summed E-state index contributed by atoms with van der Waals surface area (Å²) in [7, 11) is 0. The molecule has 0 radical (unpaired) electrons. The van der Waals surface area contributed by atoms with Crippen LogP contribution in [0.25, 0.3) is 0 Å². The summed E-state index contributed by atoms with van der Waals surface area (Å²) in [4.78, 5) is 2.49. The molecule has 0 aromatic heterocycles. The predicted octanol–water partition coefficient (Wildman–Crippen LogP) is 3.35. The topological polar surface area (TPSA) is 15.3 Å². The molecular weight excluding hydrogens is 239 g/mol. The van der Waals surface area contributed by atoms with Gasteiger partial charge in [-0.2, -0.15) is 0 Å². The van der Waals surface area contributed by atoms with E-state index in [1.165, 1.54) is 18.4 Å². The van der Waals surface area contributed by atoms with E-state index in [1.807, 2.05) is 12.1 Å². The number of piperidine rings is 1. The fourth-order valence-corrected chi connectivity index (χ4v) is 2.88. The van der Waals surface area contributed by atoms with E-state index < -0.39 is 0 Å². The minimum atomic E-state index is -0.157. The van der Waals surface area contributed by atoms with Crippen molar-refractivity contribution in [2.45, 2.75) is 51.7 Å².